The molecular formula is C33H34BNO5. The van der Waals surface area contributed by atoms with Crippen molar-refractivity contribution in [3.05, 3.63) is 138 Å². The van der Waals surface area contributed by atoms with Crippen LogP contribution in [0.15, 0.2) is 115 Å². The lowest BCUT2D eigenvalue weighted by molar-refractivity contribution is -0.145. The molecule has 4 rings (SSSR count). The molecule has 0 bridgehead atoms. The summed E-state index contributed by atoms with van der Waals surface area (Å²) in [6, 6.07) is 36.7. The molecule has 7 heteroatoms. The quantitative estimate of drug-likeness (QED) is 0.166. The third-order valence-electron chi connectivity index (χ3n) is 7.17. The number of rotatable bonds is 12. The van der Waals surface area contributed by atoms with E-state index in [0.29, 0.717) is 0 Å². The van der Waals surface area contributed by atoms with E-state index in [1.807, 2.05) is 115 Å². The van der Waals surface area contributed by atoms with Gasteiger partial charge in [-0.2, -0.15) is 0 Å². The Kier molecular flexibility index (Phi) is 9.89. The molecule has 1 atom stereocenters. The van der Waals surface area contributed by atoms with Gasteiger partial charge in [0.25, 0.3) is 0 Å². The van der Waals surface area contributed by atoms with Crippen molar-refractivity contribution in [1.82, 2.24) is 5.32 Å². The van der Waals surface area contributed by atoms with E-state index in [1.54, 1.807) is 14.2 Å². The number of ether oxygens (including phenoxy) is 1. The molecule has 0 aromatic heterocycles. The van der Waals surface area contributed by atoms with Gasteiger partial charge in [-0.25, -0.2) is 4.79 Å². The van der Waals surface area contributed by atoms with E-state index >= 15 is 0 Å². The Morgan fingerprint density at radius 2 is 1.15 bits per heavy atom. The first-order valence-electron chi connectivity index (χ1n) is 13.2. The lowest BCUT2D eigenvalue weighted by atomic mass is 9.67. The van der Waals surface area contributed by atoms with Crippen LogP contribution in [-0.2, 0) is 35.5 Å². The van der Waals surface area contributed by atoms with Gasteiger partial charge in [0.15, 0.2) is 0 Å². The van der Waals surface area contributed by atoms with Gasteiger partial charge in [-0.3, -0.25) is 4.79 Å². The average Bonchev–Trinajstić information content (AvgIpc) is 3.02. The van der Waals surface area contributed by atoms with Crippen molar-refractivity contribution in [1.29, 1.82) is 0 Å². The van der Waals surface area contributed by atoms with Crippen LogP contribution < -0.4 is 10.8 Å². The van der Waals surface area contributed by atoms with Crippen LogP contribution in [0.4, 0.5) is 0 Å². The Bertz CT molecular complexity index is 1260. The standard InChI is InChI=1S/C33H34BNO5/c1-38-32(37)30(23-25-19-21-29(22-20-25)34(39-2)40-3)35-31(36)24-33(26-13-7-4-8-14-26,27-15-9-5-10-16-27)28-17-11-6-12-18-28/h4-22,30H,23-24H2,1-3H3,(H,35,36)/t30-/m0/s1. The minimum absolute atomic E-state index is 0.0980. The summed E-state index contributed by atoms with van der Waals surface area (Å²) in [6.07, 6.45) is 0.374. The average molecular weight is 535 g/mol. The van der Waals surface area contributed by atoms with Gasteiger partial charge >= 0.3 is 13.1 Å². The highest BCUT2D eigenvalue weighted by atomic mass is 16.6. The van der Waals surface area contributed by atoms with Gasteiger partial charge < -0.3 is 19.4 Å². The van der Waals surface area contributed by atoms with Crippen molar-refractivity contribution in [2.75, 3.05) is 21.3 Å². The van der Waals surface area contributed by atoms with E-state index in [9.17, 15) is 9.59 Å². The van der Waals surface area contributed by atoms with Gasteiger partial charge in [-0.1, -0.05) is 115 Å². The van der Waals surface area contributed by atoms with Gasteiger partial charge in [0.05, 0.1) is 12.5 Å². The maximum absolute atomic E-state index is 13.9. The molecule has 0 saturated heterocycles. The smallest absolute Gasteiger partial charge is 0.467 e. The zero-order chi connectivity index (χ0) is 28.4. The van der Waals surface area contributed by atoms with Gasteiger partial charge in [0.1, 0.15) is 6.04 Å². The predicted octanol–water partition coefficient (Wildman–Crippen LogP) is 4.30. The molecular weight excluding hydrogens is 501 g/mol. The summed E-state index contributed by atoms with van der Waals surface area (Å²) in [4.78, 5) is 26.7. The SMILES string of the molecule is COB(OC)c1ccc(C[C@H](NC(=O)CC(c2ccccc2)(c2ccccc2)c2ccccc2)C(=O)OC)cc1. The van der Waals surface area contributed by atoms with Crippen molar-refractivity contribution in [2.45, 2.75) is 24.3 Å². The van der Waals surface area contributed by atoms with Crippen LogP contribution in [0, 0.1) is 0 Å². The first kappa shape index (κ1) is 28.8. The third-order valence-corrected chi connectivity index (χ3v) is 7.17. The van der Waals surface area contributed by atoms with E-state index in [0.717, 1.165) is 27.7 Å². The Morgan fingerprint density at radius 1 is 0.700 bits per heavy atom. The molecule has 0 fully saturated rings. The monoisotopic (exact) mass is 535 g/mol. The number of hydrogen-bond donors (Lipinski definition) is 1. The normalized spacial score (nSPS) is 11.9. The van der Waals surface area contributed by atoms with Gasteiger partial charge in [-0.05, 0) is 27.7 Å². The highest BCUT2D eigenvalue weighted by Gasteiger charge is 2.39. The second kappa shape index (κ2) is 13.7. The highest BCUT2D eigenvalue weighted by molar-refractivity contribution is 6.61. The minimum atomic E-state index is -0.857. The van der Waals surface area contributed by atoms with Crippen LogP contribution >= 0.6 is 0 Å². The molecule has 4 aromatic rings. The topological polar surface area (TPSA) is 73.9 Å². The van der Waals surface area contributed by atoms with E-state index in [-0.39, 0.29) is 18.7 Å². The first-order valence-corrected chi connectivity index (χ1v) is 13.2. The van der Waals surface area contributed by atoms with Crippen molar-refractivity contribution in [2.24, 2.45) is 0 Å². The Morgan fingerprint density at radius 3 is 1.55 bits per heavy atom. The zero-order valence-corrected chi connectivity index (χ0v) is 23.1. The maximum atomic E-state index is 13.9. The number of carbonyl (C=O) groups is 2. The number of amides is 1. The summed E-state index contributed by atoms with van der Waals surface area (Å²) in [5.74, 6) is -0.767. The maximum Gasteiger partial charge on any atom is 0.493 e. The first-order chi connectivity index (χ1) is 19.5. The molecule has 6 nitrogen and oxygen atoms in total. The molecule has 40 heavy (non-hydrogen) atoms. The molecule has 0 heterocycles. The van der Waals surface area contributed by atoms with E-state index in [1.165, 1.54) is 7.11 Å². The lowest BCUT2D eigenvalue weighted by Crippen LogP contribution is -2.46. The molecule has 0 aliphatic carbocycles. The second-order valence-electron chi connectivity index (χ2n) is 9.57. The minimum Gasteiger partial charge on any atom is -0.467 e. The predicted molar refractivity (Wildman–Crippen MR) is 157 cm³/mol. The highest BCUT2D eigenvalue weighted by Crippen LogP contribution is 2.42. The van der Waals surface area contributed by atoms with Crippen LogP contribution in [-0.4, -0.2) is 46.4 Å². The molecule has 0 radical (unpaired) electrons. The molecule has 0 unspecified atom stereocenters. The second-order valence-corrected chi connectivity index (χ2v) is 9.57. The van der Waals surface area contributed by atoms with Crippen molar-refractivity contribution < 1.29 is 23.6 Å². The molecule has 0 aliphatic heterocycles. The summed E-state index contributed by atoms with van der Waals surface area (Å²) in [5.41, 5.74) is 3.90. The van der Waals surface area contributed by atoms with E-state index in [4.69, 9.17) is 14.0 Å². The molecule has 0 aliphatic rings. The zero-order valence-electron chi connectivity index (χ0n) is 23.1. The van der Waals surface area contributed by atoms with Crippen LogP contribution in [0.1, 0.15) is 28.7 Å². The fourth-order valence-corrected chi connectivity index (χ4v) is 5.21. The van der Waals surface area contributed by atoms with Gasteiger partial charge in [0.2, 0.25) is 5.91 Å². The summed E-state index contributed by atoms with van der Waals surface area (Å²) >= 11 is 0. The van der Waals surface area contributed by atoms with Crippen LogP contribution in [0.3, 0.4) is 0 Å². The van der Waals surface area contributed by atoms with Gasteiger partial charge in [-0.15, -0.1) is 0 Å². The molecule has 1 amide bonds. The molecule has 204 valence electrons. The molecule has 0 spiro atoms. The summed E-state index contributed by atoms with van der Waals surface area (Å²) in [6.45, 7) is 0. The lowest BCUT2D eigenvalue weighted by Gasteiger charge is -2.36. The van der Waals surface area contributed by atoms with E-state index < -0.39 is 24.5 Å². The summed E-state index contributed by atoms with van der Waals surface area (Å²) in [7, 11) is 4.00. The van der Waals surface area contributed by atoms with Crippen LogP contribution in [0.2, 0.25) is 0 Å². The fraction of sp³-hybridized carbons (Fsp3) is 0.212. The summed E-state index contributed by atoms with van der Waals surface area (Å²) in [5, 5.41) is 2.98. The molecule has 4 aromatic carbocycles. The third kappa shape index (κ3) is 6.50. The fourth-order valence-electron chi connectivity index (χ4n) is 5.21. The molecule has 1 N–H and O–H groups in total. The number of esters is 1. The van der Waals surface area contributed by atoms with Crippen molar-refractivity contribution in [3.8, 4) is 0 Å². The summed E-state index contributed by atoms with van der Waals surface area (Å²) < 4.78 is 15.7. The number of benzene rings is 4. The Labute approximate surface area is 236 Å². The van der Waals surface area contributed by atoms with E-state index in [2.05, 4.69) is 5.32 Å². The Balaban J connectivity index is 1.66. The largest absolute Gasteiger partial charge is 0.493 e. The number of carbonyl (C=O) groups excluding carboxylic acids is 2. The van der Waals surface area contributed by atoms with Crippen molar-refractivity contribution >= 4 is 24.5 Å². The number of nitrogens with one attached hydrogen (secondary N) is 1. The van der Waals surface area contributed by atoms with Crippen molar-refractivity contribution in [3.63, 3.8) is 0 Å². The van der Waals surface area contributed by atoms with Gasteiger partial charge in [0, 0.05) is 27.1 Å². The Hall–Kier alpha value is -4.20. The van der Waals surface area contributed by atoms with Crippen LogP contribution in [0.25, 0.3) is 0 Å². The number of hydrogen-bond acceptors (Lipinski definition) is 5. The number of methoxy groups -OCH3 is 1. The van der Waals surface area contributed by atoms with Crippen LogP contribution in [0.5, 0.6) is 0 Å². The molecule has 0 saturated carbocycles.